The first-order chi connectivity index (χ1) is 17.1. The van der Waals surface area contributed by atoms with Crippen LogP contribution in [-0.2, 0) is 24.3 Å². The Morgan fingerprint density at radius 1 is 0.861 bits per heavy atom. The quantitative estimate of drug-likeness (QED) is 0.583. The van der Waals surface area contributed by atoms with Gasteiger partial charge >= 0.3 is 0 Å². The molecule has 0 aromatic heterocycles. The molecule has 3 amide bonds. The number of nitrogens with zero attached hydrogens (tertiary/aromatic N) is 2. The Hall–Kier alpha value is -2.99. The van der Waals surface area contributed by atoms with Crippen molar-refractivity contribution in [2.45, 2.75) is 0 Å². The smallest absolute Gasteiger partial charge is 0.254 e. The Kier molecular flexibility index (Phi) is 7.94. The predicted molar refractivity (Wildman–Crippen MR) is 135 cm³/mol. The summed E-state index contributed by atoms with van der Waals surface area (Å²) in [6.07, 6.45) is 1.05. The standard InChI is InChI=1S/C24H27ClN4O6S/c1-36(33,34)29-14-20(21(15-29)23(31)27-19-8-4-17(25)5-9-19)22(30)26-18-6-2-16(3-7-18)24(32)28-10-12-35-13-11-28/h2-9,20-21H,10-15H2,1H3,(H,26,30)(H,27,31)/t20-,21-/m0/s1. The molecule has 2 heterocycles. The summed E-state index contributed by atoms with van der Waals surface area (Å²) in [6, 6.07) is 12.9. The van der Waals surface area contributed by atoms with Crippen molar-refractivity contribution in [1.29, 1.82) is 0 Å². The summed E-state index contributed by atoms with van der Waals surface area (Å²) in [7, 11) is -3.61. The molecule has 2 aliphatic rings. The summed E-state index contributed by atoms with van der Waals surface area (Å²) in [5.41, 5.74) is 1.41. The van der Waals surface area contributed by atoms with Crippen molar-refractivity contribution in [1.82, 2.24) is 9.21 Å². The fraction of sp³-hybridized carbons (Fsp3) is 0.375. The minimum atomic E-state index is -3.61. The Labute approximate surface area is 214 Å². The van der Waals surface area contributed by atoms with Crippen LogP contribution in [0.2, 0.25) is 5.02 Å². The first-order valence-electron chi connectivity index (χ1n) is 11.4. The van der Waals surface area contributed by atoms with Crippen LogP contribution in [0.5, 0.6) is 0 Å². The van der Waals surface area contributed by atoms with E-state index in [0.717, 1.165) is 10.6 Å². The van der Waals surface area contributed by atoms with Crippen LogP contribution in [0.15, 0.2) is 48.5 Å². The number of carbonyl (C=O) groups is 3. The monoisotopic (exact) mass is 534 g/mol. The minimum absolute atomic E-state index is 0.108. The normalized spacial score (nSPS) is 20.7. The van der Waals surface area contributed by atoms with Gasteiger partial charge in [-0.3, -0.25) is 14.4 Å². The maximum atomic E-state index is 13.1. The highest BCUT2D eigenvalue weighted by atomic mass is 35.5. The first-order valence-corrected chi connectivity index (χ1v) is 13.6. The number of anilines is 2. The van der Waals surface area contributed by atoms with Crippen LogP contribution in [0.3, 0.4) is 0 Å². The average Bonchev–Trinajstić information content (AvgIpc) is 3.33. The minimum Gasteiger partial charge on any atom is -0.378 e. The zero-order valence-corrected chi connectivity index (χ0v) is 21.2. The number of sulfonamides is 1. The largest absolute Gasteiger partial charge is 0.378 e. The van der Waals surface area contributed by atoms with Crippen molar-refractivity contribution in [2.24, 2.45) is 11.8 Å². The molecule has 0 aliphatic carbocycles. The summed E-state index contributed by atoms with van der Waals surface area (Å²) in [6.45, 7) is 1.82. The summed E-state index contributed by atoms with van der Waals surface area (Å²) >= 11 is 5.89. The maximum Gasteiger partial charge on any atom is 0.254 e. The molecule has 12 heteroatoms. The van der Waals surface area contributed by atoms with Gasteiger partial charge in [-0.2, -0.15) is 0 Å². The third-order valence-corrected chi connectivity index (χ3v) is 7.73. The SMILES string of the molecule is CS(=O)(=O)N1C[C@H](C(=O)Nc2ccc(Cl)cc2)[C@@H](C(=O)Nc2ccc(C(=O)N3CCOCC3)cc2)C1. The van der Waals surface area contributed by atoms with E-state index in [9.17, 15) is 22.8 Å². The highest BCUT2D eigenvalue weighted by molar-refractivity contribution is 7.88. The molecule has 2 aromatic rings. The van der Waals surface area contributed by atoms with E-state index in [1.165, 1.54) is 0 Å². The fourth-order valence-corrected chi connectivity index (χ4v) is 5.21. The van der Waals surface area contributed by atoms with Crippen molar-refractivity contribution >= 4 is 50.7 Å². The van der Waals surface area contributed by atoms with Crippen molar-refractivity contribution in [3.63, 3.8) is 0 Å². The topological polar surface area (TPSA) is 125 Å². The number of hydrogen-bond donors (Lipinski definition) is 2. The molecule has 2 fully saturated rings. The summed E-state index contributed by atoms with van der Waals surface area (Å²) < 4.78 is 30.7. The van der Waals surface area contributed by atoms with Crippen molar-refractivity contribution in [3.05, 3.63) is 59.1 Å². The maximum absolute atomic E-state index is 13.1. The van der Waals surface area contributed by atoms with Gasteiger partial charge in [0.15, 0.2) is 0 Å². The van der Waals surface area contributed by atoms with Gasteiger partial charge < -0.3 is 20.3 Å². The van der Waals surface area contributed by atoms with E-state index < -0.39 is 33.7 Å². The summed E-state index contributed by atoms with van der Waals surface area (Å²) in [5.74, 6) is -2.85. The lowest BCUT2D eigenvalue weighted by Crippen LogP contribution is -2.40. The average molecular weight is 535 g/mol. The fourth-order valence-electron chi connectivity index (χ4n) is 4.22. The molecule has 4 rings (SSSR count). The molecular weight excluding hydrogens is 508 g/mol. The van der Waals surface area contributed by atoms with Crippen LogP contribution < -0.4 is 10.6 Å². The van der Waals surface area contributed by atoms with E-state index >= 15 is 0 Å². The molecule has 2 aliphatic heterocycles. The van der Waals surface area contributed by atoms with Gasteiger partial charge in [-0.15, -0.1) is 0 Å². The number of amides is 3. The molecule has 2 atom stereocenters. The zero-order chi connectivity index (χ0) is 25.9. The highest BCUT2D eigenvalue weighted by Crippen LogP contribution is 2.28. The Morgan fingerprint density at radius 3 is 1.81 bits per heavy atom. The lowest BCUT2D eigenvalue weighted by atomic mass is 9.94. The van der Waals surface area contributed by atoms with E-state index in [0.29, 0.717) is 48.3 Å². The molecule has 0 spiro atoms. The van der Waals surface area contributed by atoms with Gasteiger partial charge in [0.25, 0.3) is 5.91 Å². The molecule has 2 aromatic carbocycles. The van der Waals surface area contributed by atoms with Crippen LogP contribution in [0, 0.1) is 11.8 Å². The number of rotatable bonds is 6. The van der Waals surface area contributed by atoms with Gasteiger partial charge in [-0.1, -0.05) is 11.6 Å². The van der Waals surface area contributed by atoms with Crippen molar-refractivity contribution < 1.29 is 27.5 Å². The van der Waals surface area contributed by atoms with Gasteiger partial charge in [-0.25, -0.2) is 12.7 Å². The Bertz CT molecular complexity index is 1230. The lowest BCUT2D eigenvalue weighted by molar-refractivity contribution is -0.127. The number of halogens is 1. The van der Waals surface area contributed by atoms with Crippen molar-refractivity contribution in [2.75, 3.05) is 56.3 Å². The second-order valence-electron chi connectivity index (χ2n) is 8.76. The molecular formula is C24H27ClN4O6S. The van der Waals surface area contributed by atoms with Crippen LogP contribution in [0.1, 0.15) is 10.4 Å². The summed E-state index contributed by atoms with van der Waals surface area (Å²) in [5, 5.41) is 5.99. The molecule has 10 nitrogen and oxygen atoms in total. The Balaban J connectivity index is 1.45. The van der Waals surface area contributed by atoms with E-state index in [-0.39, 0.29) is 19.0 Å². The molecule has 2 N–H and O–H groups in total. The number of carbonyl (C=O) groups excluding carboxylic acids is 3. The van der Waals surface area contributed by atoms with Crippen LogP contribution >= 0.6 is 11.6 Å². The van der Waals surface area contributed by atoms with E-state index in [4.69, 9.17) is 16.3 Å². The van der Waals surface area contributed by atoms with Gasteiger partial charge in [0.2, 0.25) is 21.8 Å². The number of ether oxygens (including phenoxy) is 1. The third-order valence-electron chi connectivity index (χ3n) is 6.24. The van der Waals surface area contributed by atoms with Gasteiger partial charge in [-0.05, 0) is 48.5 Å². The number of benzene rings is 2. The summed E-state index contributed by atoms with van der Waals surface area (Å²) in [4.78, 5) is 40.5. The van der Waals surface area contributed by atoms with E-state index in [2.05, 4.69) is 10.6 Å². The van der Waals surface area contributed by atoms with Crippen LogP contribution in [0.25, 0.3) is 0 Å². The zero-order valence-electron chi connectivity index (χ0n) is 19.6. The van der Waals surface area contributed by atoms with Crippen LogP contribution in [0.4, 0.5) is 11.4 Å². The molecule has 0 saturated carbocycles. The molecule has 36 heavy (non-hydrogen) atoms. The molecule has 192 valence electrons. The Morgan fingerprint density at radius 2 is 1.33 bits per heavy atom. The lowest BCUT2D eigenvalue weighted by Gasteiger charge is -2.26. The number of hydrogen-bond acceptors (Lipinski definition) is 6. The van der Waals surface area contributed by atoms with E-state index in [1.807, 2.05) is 0 Å². The van der Waals surface area contributed by atoms with Gasteiger partial charge in [0.1, 0.15) is 0 Å². The van der Waals surface area contributed by atoms with Crippen molar-refractivity contribution in [3.8, 4) is 0 Å². The molecule has 0 radical (unpaired) electrons. The first kappa shape index (κ1) is 26.1. The molecule has 0 bridgehead atoms. The molecule has 2 saturated heterocycles. The second-order valence-corrected chi connectivity index (χ2v) is 11.2. The highest BCUT2D eigenvalue weighted by Gasteiger charge is 2.44. The number of nitrogens with one attached hydrogen (secondary N) is 2. The van der Waals surface area contributed by atoms with Gasteiger partial charge in [0.05, 0.1) is 31.3 Å². The van der Waals surface area contributed by atoms with E-state index in [1.54, 1.807) is 53.4 Å². The molecule has 0 unspecified atom stereocenters. The second kappa shape index (κ2) is 11.0. The van der Waals surface area contributed by atoms with Gasteiger partial charge in [0, 0.05) is 48.1 Å². The third kappa shape index (κ3) is 6.22. The predicted octanol–water partition coefficient (Wildman–Crippen LogP) is 1.90. The number of morpholine rings is 1. The van der Waals surface area contributed by atoms with Crippen LogP contribution in [-0.4, -0.2) is 81.0 Å².